The van der Waals surface area contributed by atoms with Crippen LogP contribution in [0.25, 0.3) is 0 Å². The minimum Gasteiger partial charge on any atom is -0.323 e. The first-order valence-electron chi connectivity index (χ1n) is 6.51. The number of hydrogen-bond acceptors (Lipinski definition) is 3. The van der Waals surface area contributed by atoms with Crippen molar-refractivity contribution in [3.05, 3.63) is 51.5 Å². The minimum atomic E-state index is 0.0950. The second-order valence-corrected chi connectivity index (χ2v) is 6.34. The number of rotatable bonds is 2. The minimum absolute atomic E-state index is 0.0950. The average Bonchev–Trinajstić information content (AvgIpc) is 2.84. The number of thiophene rings is 1. The predicted molar refractivity (Wildman–Crippen MR) is 75.9 cm³/mol. The molecule has 2 N–H and O–H groups in total. The number of nitrogens with two attached hydrogens (primary N) is 1. The lowest BCUT2D eigenvalue weighted by Crippen LogP contribution is -2.23. The van der Waals surface area contributed by atoms with Gasteiger partial charge in [0.1, 0.15) is 0 Å². The molecule has 0 saturated heterocycles. The third-order valence-electron chi connectivity index (χ3n) is 3.76. The van der Waals surface area contributed by atoms with Crippen molar-refractivity contribution in [3.63, 3.8) is 0 Å². The van der Waals surface area contributed by atoms with E-state index in [-0.39, 0.29) is 6.04 Å². The highest BCUT2D eigenvalue weighted by atomic mass is 32.1. The molecule has 0 bridgehead atoms. The molecule has 2 nitrogen and oxygen atoms in total. The molecule has 18 heavy (non-hydrogen) atoms. The lowest BCUT2D eigenvalue weighted by atomic mass is 9.82. The van der Waals surface area contributed by atoms with E-state index in [1.165, 1.54) is 27.4 Å². The Balaban J connectivity index is 1.94. The summed E-state index contributed by atoms with van der Waals surface area (Å²) in [6.45, 7) is 2.13. The van der Waals surface area contributed by atoms with Crippen LogP contribution in [-0.2, 0) is 6.42 Å². The van der Waals surface area contributed by atoms with Gasteiger partial charge >= 0.3 is 0 Å². The maximum atomic E-state index is 6.47. The maximum Gasteiger partial charge on any atom is 0.0485 e. The molecule has 0 aromatic carbocycles. The van der Waals surface area contributed by atoms with Gasteiger partial charge in [0.25, 0.3) is 0 Å². The molecule has 0 spiro atoms. The van der Waals surface area contributed by atoms with E-state index in [9.17, 15) is 0 Å². The van der Waals surface area contributed by atoms with E-state index < -0.39 is 0 Å². The van der Waals surface area contributed by atoms with Crippen LogP contribution >= 0.6 is 11.3 Å². The fraction of sp³-hybridized carbons (Fsp3) is 0.400. The van der Waals surface area contributed by atoms with E-state index in [2.05, 4.69) is 30.1 Å². The zero-order chi connectivity index (χ0) is 12.5. The van der Waals surface area contributed by atoms with E-state index in [1.54, 1.807) is 0 Å². The van der Waals surface area contributed by atoms with Crippen LogP contribution in [0.4, 0.5) is 0 Å². The largest absolute Gasteiger partial charge is 0.323 e. The molecule has 1 aliphatic carbocycles. The summed E-state index contributed by atoms with van der Waals surface area (Å²) >= 11 is 1.81. The van der Waals surface area contributed by atoms with Crippen molar-refractivity contribution in [2.45, 2.75) is 38.1 Å². The fourth-order valence-electron chi connectivity index (χ4n) is 2.83. The first-order valence-corrected chi connectivity index (χ1v) is 7.33. The van der Waals surface area contributed by atoms with Gasteiger partial charge < -0.3 is 5.73 Å². The first-order chi connectivity index (χ1) is 8.75. The van der Waals surface area contributed by atoms with Crippen molar-refractivity contribution in [3.8, 4) is 0 Å². The SMILES string of the molecule is Cc1ccc(C(N)C2CCCc3cccnc32)s1. The Morgan fingerprint density at radius 1 is 1.39 bits per heavy atom. The summed E-state index contributed by atoms with van der Waals surface area (Å²) in [5.74, 6) is 0.382. The molecule has 1 aliphatic rings. The fourth-order valence-corrected chi connectivity index (χ4v) is 3.77. The smallest absolute Gasteiger partial charge is 0.0485 e. The van der Waals surface area contributed by atoms with Gasteiger partial charge in [0, 0.05) is 33.6 Å². The molecule has 0 amide bonds. The van der Waals surface area contributed by atoms with Gasteiger partial charge in [-0.2, -0.15) is 0 Å². The maximum absolute atomic E-state index is 6.47. The molecule has 0 fully saturated rings. The van der Waals surface area contributed by atoms with Crippen molar-refractivity contribution < 1.29 is 0 Å². The summed E-state index contributed by atoms with van der Waals surface area (Å²) in [7, 11) is 0. The van der Waals surface area contributed by atoms with Gasteiger partial charge in [-0.15, -0.1) is 11.3 Å². The molecule has 0 saturated carbocycles. The van der Waals surface area contributed by atoms with Crippen LogP contribution in [0, 0.1) is 6.92 Å². The Morgan fingerprint density at radius 3 is 3.06 bits per heavy atom. The van der Waals surface area contributed by atoms with Gasteiger partial charge in [-0.05, 0) is 49.9 Å². The molecule has 94 valence electrons. The molecule has 2 unspecified atom stereocenters. The zero-order valence-electron chi connectivity index (χ0n) is 10.6. The van der Waals surface area contributed by atoms with E-state index in [0.29, 0.717) is 5.92 Å². The number of aryl methyl sites for hydroxylation is 2. The highest BCUT2D eigenvalue weighted by Gasteiger charge is 2.28. The van der Waals surface area contributed by atoms with Crippen LogP contribution in [0.1, 0.15) is 45.8 Å². The van der Waals surface area contributed by atoms with Gasteiger partial charge in [0.2, 0.25) is 0 Å². The summed E-state index contributed by atoms with van der Waals surface area (Å²) < 4.78 is 0. The van der Waals surface area contributed by atoms with Crippen molar-refractivity contribution in [1.82, 2.24) is 4.98 Å². The van der Waals surface area contributed by atoms with Gasteiger partial charge in [-0.1, -0.05) is 6.07 Å². The number of nitrogens with zero attached hydrogens (tertiary/aromatic N) is 1. The summed E-state index contributed by atoms with van der Waals surface area (Å²) in [4.78, 5) is 7.20. The van der Waals surface area contributed by atoms with E-state index in [1.807, 2.05) is 23.6 Å². The zero-order valence-corrected chi connectivity index (χ0v) is 11.4. The van der Waals surface area contributed by atoms with Gasteiger partial charge in [-0.3, -0.25) is 4.98 Å². The van der Waals surface area contributed by atoms with Crippen LogP contribution in [-0.4, -0.2) is 4.98 Å². The van der Waals surface area contributed by atoms with Crippen molar-refractivity contribution in [1.29, 1.82) is 0 Å². The molecule has 2 atom stereocenters. The second kappa shape index (κ2) is 4.82. The third kappa shape index (κ3) is 2.08. The number of aromatic nitrogens is 1. The van der Waals surface area contributed by atoms with Crippen molar-refractivity contribution >= 4 is 11.3 Å². The van der Waals surface area contributed by atoms with E-state index in [0.717, 1.165) is 12.8 Å². The summed E-state index contributed by atoms with van der Waals surface area (Å²) in [6.07, 6.45) is 5.42. The first kappa shape index (κ1) is 11.9. The molecule has 3 heteroatoms. The van der Waals surface area contributed by atoms with Gasteiger partial charge in [0.05, 0.1) is 0 Å². The number of fused-ring (bicyclic) bond motifs is 1. The number of hydrogen-bond donors (Lipinski definition) is 1. The Labute approximate surface area is 112 Å². The Hall–Kier alpha value is -1.19. The molecule has 0 radical (unpaired) electrons. The van der Waals surface area contributed by atoms with Crippen LogP contribution < -0.4 is 5.73 Å². The molecular formula is C15H18N2S. The second-order valence-electron chi connectivity index (χ2n) is 5.02. The van der Waals surface area contributed by atoms with Crippen LogP contribution in [0.5, 0.6) is 0 Å². The quantitative estimate of drug-likeness (QED) is 0.894. The lowest BCUT2D eigenvalue weighted by Gasteiger charge is -2.28. The highest BCUT2D eigenvalue weighted by Crippen LogP contribution is 2.39. The lowest BCUT2D eigenvalue weighted by molar-refractivity contribution is 0.467. The predicted octanol–water partition coefficient (Wildman–Crippen LogP) is 3.57. The Kier molecular flexibility index (Phi) is 3.18. The Bertz CT molecular complexity index is 547. The molecular weight excluding hydrogens is 240 g/mol. The molecule has 3 rings (SSSR count). The van der Waals surface area contributed by atoms with Crippen LogP contribution in [0.2, 0.25) is 0 Å². The highest BCUT2D eigenvalue weighted by molar-refractivity contribution is 7.12. The van der Waals surface area contributed by atoms with Gasteiger partial charge in [0.15, 0.2) is 0 Å². The topological polar surface area (TPSA) is 38.9 Å². The third-order valence-corrected chi connectivity index (χ3v) is 4.86. The molecule has 0 aliphatic heterocycles. The average molecular weight is 258 g/mol. The standard InChI is InChI=1S/C15H18N2S/c1-10-7-8-13(18-10)14(16)12-6-2-4-11-5-3-9-17-15(11)12/h3,5,7-9,12,14H,2,4,6,16H2,1H3. The van der Waals surface area contributed by atoms with Gasteiger partial charge in [-0.25, -0.2) is 0 Å². The van der Waals surface area contributed by atoms with Crippen LogP contribution in [0.3, 0.4) is 0 Å². The monoisotopic (exact) mass is 258 g/mol. The molecule has 2 aromatic rings. The Morgan fingerprint density at radius 2 is 2.28 bits per heavy atom. The van der Waals surface area contributed by atoms with Crippen molar-refractivity contribution in [2.75, 3.05) is 0 Å². The van der Waals surface area contributed by atoms with Crippen molar-refractivity contribution in [2.24, 2.45) is 5.73 Å². The van der Waals surface area contributed by atoms with E-state index in [4.69, 9.17) is 5.73 Å². The molecule has 2 aromatic heterocycles. The van der Waals surface area contributed by atoms with Crippen LogP contribution in [0.15, 0.2) is 30.5 Å². The summed E-state index contributed by atoms with van der Waals surface area (Å²) in [5, 5.41) is 0. The molecule has 2 heterocycles. The van der Waals surface area contributed by atoms with E-state index >= 15 is 0 Å². The summed E-state index contributed by atoms with van der Waals surface area (Å²) in [6, 6.07) is 8.64. The normalized spacial score (nSPS) is 20.4. The number of pyridine rings is 1. The summed E-state index contributed by atoms with van der Waals surface area (Å²) in [5.41, 5.74) is 9.08.